The van der Waals surface area contributed by atoms with Crippen molar-refractivity contribution in [3.05, 3.63) is 46.8 Å². The maximum atomic E-state index is 4.52. The number of anilines is 1. The van der Waals surface area contributed by atoms with Crippen LogP contribution < -0.4 is 15.5 Å². The predicted molar refractivity (Wildman–Crippen MR) is 125 cm³/mol. The van der Waals surface area contributed by atoms with E-state index in [-0.39, 0.29) is 6.04 Å². The molecular weight excluding hydrogens is 380 g/mol. The third kappa shape index (κ3) is 5.69. The average Bonchev–Trinajstić information content (AvgIpc) is 2.98. The highest BCUT2D eigenvalue weighted by molar-refractivity contribution is 7.99. The van der Waals surface area contributed by atoms with Crippen molar-refractivity contribution in [2.24, 2.45) is 12.0 Å². The lowest BCUT2D eigenvalue weighted by Gasteiger charge is -2.28. The zero-order valence-electron chi connectivity index (χ0n) is 18.3. The number of thioether (sulfide) groups is 1. The third-order valence-electron chi connectivity index (χ3n) is 5.55. The van der Waals surface area contributed by atoms with Crippen LogP contribution in [0.5, 0.6) is 0 Å². The molecule has 1 atom stereocenters. The number of aromatic nitrogens is 2. The number of aryl methyl sites for hydroxylation is 2. The van der Waals surface area contributed by atoms with E-state index in [1.807, 2.05) is 30.5 Å². The summed E-state index contributed by atoms with van der Waals surface area (Å²) in [4.78, 5) is 6.86. The van der Waals surface area contributed by atoms with Crippen molar-refractivity contribution < 1.29 is 0 Å². The predicted octanol–water partition coefficient (Wildman–Crippen LogP) is 2.89. The Morgan fingerprint density at radius 3 is 2.48 bits per heavy atom. The fourth-order valence-electron chi connectivity index (χ4n) is 3.73. The first kappa shape index (κ1) is 21.6. The lowest BCUT2D eigenvalue weighted by atomic mass is 10.1. The van der Waals surface area contributed by atoms with E-state index in [1.54, 1.807) is 0 Å². The van der Waals surface area contributed by atoms with Crippen LogP contribution >= 0.6 is 11.8 Å². The maximum absolute atomic E-state index is 4.52. The molecule has 1 aliphatic rings. The molecule has 6 nitrogen and oxygen atoms in total. The first-order valence-electron chi connectivity index (χ1n) is 10.4. The van der Waals surface area contributed by atoms with Crippen molar-refractivity contribution in [2.75, 3.05) is 36.5 Å². The smallest absolute Gasteiger partial charge is 0.191 e. The van der Waals surface area contributed by atoms with Crippen LogP contribution in [-0.4, -0.2) is 53.4 Å². The van der Waals surface area contributed by atoms with E-state index in [2.05, 4.69) is 70.7 Å². The summed E-state index contributed by atoms with van der Waals surface area (Å²) in [6, 6.07) is 9.16. The summed E-state index contributed by atoms with van der Waals surface area (Å²) in [5.74, 6) is 3.28. The lowest BCUT2D eigenvalue weighted by Crippen LogP contribution is -2.42. The molecule has 7 heteroatoms. The Bertz CT molecular complexity index is 821. The molecule has 0 saturated carbocycles. The van der Waals surface area contributed by atoms with E-state index in [0.29, 0.717) is 0 Å². The monoisotopic (exact) mass is 414 g/mol. The van der Waals surface area contributed by atoms with Crippen molar-refractivity contribution >= 4 is 23.4 Å². The number of hydrogen-bond acceptors (Lipinski definition) is 4. The van der Waals surface area contributed by atoms with E-state index in [0.717, 1.165) is 37.7 Å². The van der Waals surface area contributed by atoms with Gasteiger partial charge in [-0.2, -0.15) is 16.9 Å². The van der Waals surface area contributed by atoms with Gasteiger partial charge in [0.25, 0.3) is 0 Å². The Balaban J connectivity index is 1.51. The summed E-state index contributed by atoms with van der Waals surface area (Å²) in [7, 11) is 3.82. The van der Waals surface area contributed by atoms with Gasteiger partial charge >= 0.3 is 0 Å². The normalized spacial score (nSPS) is 16.0. The van der Waals surface area contributed by atoms with Gasteiger partial charge in [0.05, 0.1) is 5.69 Å². The molecule has 0 spiro atoms. The second-order valence-electron chi connectivity index (χ2n) is 7.71. The van der Waals surface area contributed by atoms with Crippen LogP contribution in [-0.2, 0) is 20.0 Å². The van der Waals surface area contributed by atoms with Crippen LogP contribution in [0, 0.1) is 13.8 Å². The van der Waals surface area contributed by atoms with E-state index in [4.69, 9.17) is 0 Å². The zero-order chi connectivity index (χ0) is 20.8. The summed E-state index contributed by atoms with van der Waals surface area (Å²) in [5, 5.41) is 11.5. The minimum absolute atomic E-state index is 0.266. The van der Waals surface area contributed by atoms with Gasteiger partial charge in [0.2, 0.25) is 0 Å². The minimum Gasteiger partial charge on any atom is -0.370 e. The van der Waals surface area contributed by atoms with Gasteiger partial charge in [-0.1, -0.05) is 12.1 Å². The first-order chi connectivity index (χ1) is 14.0. The van der Waals surface area contributed by atoms with Gasteiger partial charge in [-0.25, -0.2) is 0 Å². The molecule has 1 aromatic heterocycles. The molecule has 2 aromatic rings. The van der Waals surface area contributed by atoms with Gasteiger partial charge < -0.3 is 15.5 Å². The number of benzene rings is 1. The Kier molecular flexibility index (Phi) is 7.47. The Labute approximate surface area is 179 Å². The van der Waals surface area contributed by atoms with Gasteiger partial charge in [0, 0.05) is 62.7 Å². The second kappa shape index (κ2) is 10.1. The van der Waals surface area contributed by atoms with E-state index in [1.165, 1.54) is 34.0 Å². The number of guanidine groups is 1. The quantitative estimate of drug-likeness (QED) is 0.562. The van der Waals surface area contributed by atoms with Crippen LogP contribution in [0.2, 0.25) is 0 Å². The van der Waals surface area contributed by atoms with E-state index >= 15 is 0 Å². The number of aliphatic imine (C=N–C) groups is 1. The maximum Gasteiger partial charge on any atom is 0.191 e. The molecule has 1 unspecified atom stereocenters. The molecule has 1 aliphatic heterocycles. The molecule has 2 N–H and O–H groups in total. The van der Waals surface area contributed by atoms with Crippen molar-refractivity contribution in [1.82, 2.24) is 20.4 Å². The molecule has 0 bridgehead atoms. The number of rotatable bonds is 6. The summed E-state index contributed by atoms with van der Waals surface area (Å²) >= 11 is 2.04. The minimum atomic E-state index is 0.266. The summed E-state index contributed by atoms with van der Waals surface area (Å²) in [6.45, 7) is 9.44. The zero-order valence-corrected chi connectivity index (χ0v) is 19.1. The van der Waals surface area contributed by atoms with Crippen LogP contribution in [0.3, 0.4) is 0 Å². The highest BCUT2D eigenvalue weighted by Gasteiger charge is 2.14. The van der Waals surface area contributed by atoms with Crippen molar-refractivity contribution in [3.8, 4) is 0 Å². The Hall–Kier alpha value is -2.15. The molecule has 2 heterocycles. The lowest BCUT2D eigenvalue weighted by molar-refractivity contribution is 0.635. The number of nitrogens with zero attached hydrogens (tertiary/aromatic N) is 4. The molecule has 3 rings (SSSR count). The SMILES string of the molecule is CN=C(NCc1ccc(N2CCSCC2)cc1)NC(C)Cc1c(C)nn(C)c1C. The Morgan fingerprint density at radius 1 is 1.21 bits per heavy atom. The standard InChI is InChI=1S/C22H34N6S/c1-16(14-21-17(2)26-27(5)18(21)3)25-22(23-4)24-15-19-6-8-20(9-7-19)28-10-12-29-13-11-28/h6-9,16H,10-15H2,1-5H3,(H2,23,24,25). The van der Waals surface area contributed by atoms with Crippen LogP contribution in [0.1, 0.15) is 29.4 Å². The molecule has 1 aromatic carbocycles. The highest BCUT2D eigenvalue weighted by atomic mass is 32.2. The summed E-state index contributed by atoms with van der Waals surface area (Å²) in [5.41, 5.74) is 6.23. The van der Waals surface area contributed by atoms with Crippen LogP contribution in [0.4, 0.5) is 5.69 Å². The van der Waals surface area contributed by atoms with Crippen LogP contribution in [0.25, 0.3) is 0 Å². The van der Waals surface area contributed by atoms with Gasteiger partial charge in [0.1, 0.15) is 0 Å². The highest BCUT2D eigenvalue weighted by Crippen LogP contribution is 2.20. The summed E-state index contributed by atoms with van der Waals surface area (Å²) in [6.07, 6.45) is 0.926. The van der Waals surface area contributed by atoms with E-state index in [9.17, 15) is 0 Å². The molecule has 0 aliphatic carbocycles. The van der Waals surface area contributed by atoms with Crippen molar-refractivity contribution in [1.29, 1.82) is 0 Å². The fraction of sp³-hybridized carbons (Fsp3) is 0.545. The molecule has 0 radical (unpaired) electrons. The van der Waals surface area contributed by atoms with Gasteiger partial charge in [-0.3, -0.25) is 9.67 Å². The molecule has 1 fully saturated rings. The average molecular weight is 415 g/mol. The third-order valence-corrected chi connectivity index (χ3v) is 6.49. The van der Waals surface area contributed by atoms with Crippen LogP contribution in [0.15, 0.2) is 29.3 Å². The molecular formula is C22H34N6S. The van der Waals surface area contributed by atoms with Gasteiger partial charge in [-0.15, -0.1) is 0 Å². The fourth-order valence-corrected chi connectivity index (χ4v) is 4.63. The molecule has 29 heavy (non-hydrogen) atoms. The molecule has 1 saturated heterocycles. The van der Waals surface area contributed by atoms with E-state index < -0.39 is 0 Å². The van der Waals surface area contributed by atoms with Crippen molar-refractivity contribution in [3.63, 3.8) is 0 Å². The Morgan fingerprint density at radius 2 is 1.90 bits per heavy atom. The number of hydrogen-bond donors (Lipinski definition) is 2. The number of nitrogens with one attached hydrogen (secondary N) is 2. The largest absolute Gasteiger partial charge is 0.370 e. The summed E-state index contributed by atoms with van der Waals surface area (Å²) < 4.78 is 1.96. The van der Waals surface area contributed by atoms with Crippen molar-refractivity contribution in [2.45, 2.75) is 39.8 Å². The van der Waals surface area contributed by atoms with Gasteiger partial charge in [0.15, 0.2) is 5.96 Å². The van der Waals surface area contributed by atoms with Gasteiger partial charge in [-0.05, 0) is 50.5 Å². The first-order valence-corrected chi connectivity index (χ1v) is 11.5. The molecule has 158 valence electrons. The molecule has 0 amide bonds. The second-order valence-corrected chi connectivity index (χ2v) is 8.94. The topological polar surface area (TPSA) is 57.5 Å².